The second-order valence-electron chi connectivity index (χ2n) is 10.6. The predicted molar refractivity (Wildman–Crippen MR) is 159 cm³/mol. The Morgan fingerprint density at radius 1 is 1.02 bits per heavy atom. The summed E-state index contributed by atoms with van der Waals surface area (Å²) in [4.78, 5) is 4.56. The number of hydrazine groups is 2. The summed E-state index contributed by atoms with van der Waals surface area (Å²) in [5, 5.41) is 21.5. The van der Waals surface area contributed by atoms with E-state index in [9.17, 15) is 5.26 Å². The zero-order valence-electron chi connectivity index (χ0n) is 21.6. The molecule has 1 unspecified atom stereocenters. The van der Waals surface area contributed by atoms with Crippen LogP contribution in [-0.2, 0) is 5.54 Å². The molecule has 0 radical (unpaired) electrons. The third kappa shape index (κ3) is 4.58. The standard InChI is InChI=1S/C31H27Cl2N7/c32-25-9-5-4-8-23(25)30(27-18-40(39-38-27)22-10-11-22)36-21-14-24-28(19(16-34)17-35-29(24)26(33)15-21)37-31(12-13-31)20-6-2-1-3-7-20/h1-9,14-15,17-18,22,30,36,38-39H,10-13H2,(H,35,37). The van der Waals surface area contributed by atoms with Crippen LogP contribution in [0.15, 0.2) is 84.8 Å². The summed E-state index contributed by atoms with van der Waals surface area (Å²) in [6.07, 6.45) is 7.99. The molecular weight excluding hydrogens is 541 g/mol. The average Bonchev–Trinajstić information content (AvgIpc) is 3.92. The first-order chi connectivity index (χ1) is 19.5. The van der Waals surface area contributed by atoms with Crippen LogP contribution in [0.1, 0.15) is 48.4 Å². The van der Waals surface area contributed by atoms with Crippen LogP contribution in [0.4, 0.5) is 11.4 Å². The highest BCUT2D eigenvalue weighted by Crippen LogP contribution is 2.50. The van der Waals surface area contributed by atoms with E-state index in [1.807, 2.05) is 54.6 Å². The van der Waals surface area contributed by atoms with Crippen molar-refractivity contribution in [3.8, 4) is 6.07 Å². The Bertz CT molecular complexity index is 1670. The van der Waals surface area contributed by atoms with Gasteiger partial charge < -0.3 is 16.1 Å². The third-order valence-electron chi connectivity index (χ3n) is 7.87. The second kappa shape index (κ2) is 9.90. The fraction of sp³-hybridized carbons (Fsp3) is 0.226. The minimum atomic E-state index is -0.277. The number of nitrogens with zero attached hydrogens (tertiary/aromatic N) is 3. The van der Waals surface area contributed by atoms with E-state index in [0.717, 1.165) is 53.7 Å². The van der Waals surface area contributed by atoms with Crippen molar-refractivity contribution >= 4 is 45.5 Å². The molecule has 0 amide bonds. The fourth-order valence-electron chi connectivity index (χ4n) is 5.41. The van der Waals surface area contributed by atoms with Crippen LogP contribution in [0.2, 0.25) is 10.0 Å². The number of fused-ring (bicyclic) bond motifs is 1. The monoisotopic (exact) mass is 567 g/mol. The number of aromatic nitrogens is 1. The number of pyridine rings is 1. The highest BCUT2D eigenvalue weighted by Gasteiger charge is 2.45. The minimum Gasteiger partial charge on any atom is -0.374 e. The maximum atomic E-state index is 10.0. The molecule has 0 spiro atoms. The van der Waals surface area contributed by atoms with Crippen molar-refractivity contribution in [3.05, 3.63) is 112 Å². The Morgan fingerprint density at radius 3 is 2.52 bits per heavy atom. The van der Waals surface area contributed by atoms with E-state index in [2.05, 4.69) is 56.0 Å². The third-order valence-corrected chi connectivity index (χ3v) is 8.50. The highest BCUT2D eigenvalue weighted by molar-refractivity contribution is 6.36. The summed E-state index contributed by atoms with van der Waals surface area (Å²) >= 11 is 13.5. The van der Waals surface area contributed by atoms with Gasteiger partial charge in [-0.1, -0.05) is 71.7 Å². The molecule has 2 fully saturated rings. The number of nitrogens with one attached hydrogen (secondary N) is 4. The van der Waals surface area contributed by atoms with E-state index in [0.29, 0.717) is 27.2 Å². The Labute approximate surface area is 242 Å². The van der Waals surface area contributed by atoms with Crippen molar-refractivity contribution in [3.63, 3.8) is 0 Å². The van der Waals surface area contributed by atoms with Gasteiger partial charge in [0.1, 0.15) is 6.07 Å². The molecule has 1 aliphatic heterocycles. The lowest BCUT2D eigenvalue weighted by Gasteiger charge is -2.24. The van der Waals surface area contributed by atoms with Gasteiger partial charge in [-0.25, -0.2) is 0 Å². The number of benzene rings is 3. The van der Waals surface area contributed by atoms with Crippen LogP contribution in [0.5, 0.6) is 0 Å². The van der Waals surface area contributed by atoms with E-state index in [1.54, 1.807) is 6.20 Å². The summed E-state index contributed by atoms with van der Waals surface area (Å²) in [6.45, 7) is 0. The van der Waals surface area contributed by atoms with Crippen LogP contribution >= 0.6 is 23.2 Å². The Kier molecular flexibility index (Phi) is 6.20. The molecule has 1 atom stereocenters. The molecule has 7 nitrogen and oxygen atoms in total. The quantitative estimate of drug-likeness (QED) is 0.182. The number of halogens is 2. The maximum absolute atomic E-state index is 10.0. The van der Waals surface area contributed by atoms with E-state index in [4.69, 9.17) is 23.2 Å². The molecule has 7 rings (SSSR count). The van der Waals surface area contributed by atoms with Gasteiger partial charge in [-0.15, -0.1) is 5.53 Å². The van der Waals surface area contributed by atoms with Gasteiger partial charge in [0, 0.05) is 34.5 Å². The lowest BCUT2D eigenvalue weighted by atomic mass is 10.0. The summed E-state index contributed by atoms with van der Waals surface area (Å²) < 4.78 is 0. The molecule has 200 valence electrons. The van der Waals surface area contributed by atoms with Crippen LogP contribution in [-0.4, -0.2) is 16.0 Å². The van der Waals surface area contributed by atoms with Crippen LogP contribution in [0, 0.1) is 11.3 Å². The smallest absolute Gasteiger partial charge is 0.103 e. The van der Waals surface area contributed by atoms with Gasteiger partial charge in [0.15, 0.2) is 0 Å². The van der Waals surface area contributed by atoms with Crippen molar-refractivity contribution in [2.45, 2.75) is 43.3 Å². The molecule has 3 aromatic carbocycles. The predicted octanol–water partition coefficient (Wildman–Crippen LogP) is 7.00. The molecule has 3 aliphatic rings. The van der Waals surface area contributed by atoms with Crippen molar-refractivity contribution < 1.29 is 0 Å². The summed E-state index contributed by atoms with van der Waals surface area (Å²) in [5.74, 6) is 0. The number of rotatable bonds is 8. The molecule has 9 heteroatoms. The molecule has 40 heavy (non-hydrogen) atoms. The molecule has 2 saturated carbocycles. The van der Waals surface area contributed by atoms with Crippen LogP contribution in [0.25, 0.3) is 10.9 Å². The first kappa shape index (κ1) is 25.0. The molecule has 4 aromatic rings. The maximum Gasteiger partial charge on any atom is 0.103 e. The average molecular weight is 569 g/mol. The van der Waals surface area contributed by atoms with Crippen molar-refractivity contribution in [2.24, 2.45) is 0 Å². The topological polar surface area (TPSA) is 88.0 Å². The SMILES string of the molecule is N#Cc1cnc2c(Cl)cc(NC(C3=CN(C4CC4)NN3)c3ccccc3Cl)cc2c1NC1(c2ccccc2)CC1. The van der Waals surface area contributed by atoms with Crippen LogP contribution < -0.4 is 21.6 Å². The number of hydrogen-bond donors (Lipinski definition) is 4. The highest BCUT2D eigenvalue weighted by atomic mass is 35.5. The number of anilines is 2. The molecule has 1 aromatic heterocycles. The number of nitriles is 1. The summed E-state index contributed by atoms with van der Waals surface area (Å²) in [5.41, 5.74) is 12.1. The van der Waals surface area contributed by atoms with Gasteiger partial charge >= 0.3 is 0 Å². The van der Waals surface area contributed by atoms with E-state index in [1.165, 1.54) is 5.56 Å². The van der Waals surface area contributed by atoms with Crippen LogP contribution in [0.3, 0.4) is 0 Å². The van der Waals surface area contributed by atoms with Crippen molar-refractivity contribution in [2.75, 3.05) is 10.6 Å². The van der Waals surface area contributed by atoms with E-state index < -0.39 is 0 Å². The van der Waals surface area contributed by atoms with Gasteiger partial charge in [0.25, 0.3) is 0 Å². The normalized spacial score (nSPS) is 18.0. The minimum absolute atomic E-state index is 0.215. The fourth-order valence-corrected chi connectivity index (χ4v) is 5.92. The van der Waals surface area contributed by atoms with E-state index in [-0.39, 0.29) is 11.6 Å². The lowest BCUT2D eigenvalue weighted by molar-refractivity contribution is 0.260. The van der Waals surface area contributed by atoms with Crippen molar-refractivity contribution in [1.29, 1.82) is 5.26 Å². The molecule has 2 heterocycles. The molecule has 2 aliphatic carbocycles. The van der Waals surface area contributed by atoms with Gasteiger partial charge in [-0.05, 0) is 55.0 Å². The van der Waals surface area contributed by atoms with Crippen molar-refractivity contribution in [1.82, 2.24) is 21.0 Å². The lowest BCUT2D eigenvalue weighted by Crippen LogP contribution is -2.38. The number of hydrogen-bond acceptors (Lipinski definition) is 7. The Balaban J connectivity index is 1.30. The summed E-state index contributed by atoms with van der Waals surface area (Å²) in [7, 11) is 0. The zero-order valence-corrected chi connectivity index (χ0v) is 23.1. The van der Waals surface area contributed by atoms with Gasteiger partial charge in [-0.3, -0.25) is 9.99 Å². The Morgan fingerprint density at radius 2 is 1.80 bits per heavy atom. The zero-order chi connectivity index (χ0) is 27.3. The molecule has 0 bridgehead atoms. The van der Waals surface area contributed by atoms with E-state index >= 15 is 0 Å². The Hall–Kier alpha value is -3.96. The van der Waals surface area contributed by atoms with Gasteiger partial charge in [0.2, 0.25) is 0 Å². The first-order valence-corrected chi connectivity index (χ1v) is 14.2. The van der Waals surface area contributed by atoms with Gasteiger partial charge in [0.05, 0.1) is 39.1 Å². The summed E-state index contributed by atoms with van der Waals surface area (Å²) in [6, 6.07) is 24.6. The second-order valence-corrected chi connectivity index (χ2v) is 11.5. The molecule has 4 N–H and O–H groups in total. The molecular formula is C31H27Cl2N7. The molecule has 0 saturated heterocycles. The first-order valence-electron chi connectivity index (χ1n) is 13.4. The van der Waals surface area contributed by atoms with Gasteiger partial charge in [-0.2, -0.15) is 5.26 Å². The largest absolute Gasteiger partial charge is 0.374 e.